The highest BCUT2D eigenvalue weighted by molar-refractivity contribution is 5.76. The standard InChI is InChI=1S/C20H25N5O2/c1-14-19(15(2)23-22-14)8-9-20(26)24(3)12-16-11-21-25(13-16)17-6-5-7-18(10-17)27-4/h5-7,10-11,13H,8-9,12H2,1-4H3,(H,22,23). The average Bonchev–Trinajstić information content (AvgIpc) is 3.26. The molecule has 0 spiro atoms. The summed E-state index contributed by atoms with van der Waals surface area (Å²) in [6, 6.07) is 7.69. The highest BCUT2D eigenvalue weighted by Crippen LogP contribution is 2.17. The number of benzene rings is 1. The number of amides is 1. The van der Waals surface area contributed by atoms with E-state index in [1.807, 2.05) is 51.4 Å². The monoisotopic (exact) mass is 367 g/mol. The van der Waals surface area contributed by atoms with Gasteiger partial charge < -0.3 is 9.64 Å². The Morgan fingerprint density at radius 1 is 1.33 bits per heavy atom. The summed E-state index contributed by atoms with van der Waals surface area (Å²) in [6.07, 6.45) is 4.87. The van der Waals surface area contributed by atoms with E-state index in [1.54, 1.807) is 22.9 Å². The third kappa shape index (κ3) is 4.36. The maximum Gasteiger partial charge on any atom is 0.222 e. The van der Waals surface area contributed by atoms with Crippen LogP contribution >= 0.6 is 0 Å². The minimum Gasteiger partial charge on any atom is -0.497 e. The molecule has 0 saturated carbocycles. The first-order chi connectivity index (χ1) is 13.0. The molecule has 7 nitrogen and oxygen atoms in total. The van der Waals surface area contributed by atoms with Crippen LogP contribution in [0.15, 0.2) is 36.7 Å². The van der Waals surface area contributed by atoms with E-state index in [1.165, 1.54) is 0 Å². The number of aromatic amines is 1. The number of carbonyl (C=O) groups is 1. The zero-order chi connectivity index (χ0) is 19.4. The predicted octanol–water partition coefficient (Wildman–Crippen LogP) is 2.81. The Morgan fingerprint density at radius 3 is 2.85 bits per heavy atom. The Bertz CT molecular complexity index is 909. The molecule has 0 fully saturated rings. The summed E-state index contributed by atoms with van der Waals surface area (Å²) < 4.78 is 7.04. The van der Waals surface area contributed by atoms with Crippen LogP contribution in [0.2, 0.25) is 0 Å². The van der Waals surface area contributed by atoms with Crippen LogP contribution in [-0.2, 0) is 17.8 Å². The number of rotatable bonds is 7. The van der Waals surface area contributed by atoms with Crippen molar-refractivity contribution >= 4 is 5.91 Å². The fourth-order valence-electron chi connectivity index (χ4n) is 3.06. The zero-order valence-corrected chi connectivity index (χ0v) is 16.2. The fourth-order valence-corrected chi connectivity index (χ4v) is 3.06. The third-order valence-corrected chi connectivity index (χ3v) is 4.67. The van der Waals surface area contributed by atoms with E-state index in [0.717, 1.165) is 34.0 Å². The SMILES string of the molecule is COc1cccc(-n2cc(CN(C)C(=O)CCc3c(C)n[nH]c3C)cn2)c1. The van der Waals surface area contributed by atoms with Gasteiger partial charge >= 0.3 is 0 Å². The lowest BCUT2D eigenvalue weighted by molar-refractivity contribution is -0.130. The Morgan fingerprint density at radius 2 is 2.15 bits per heavy atom. The van der Waals surface area contributed by atoms with E-state index in [4.69, 9.17) is 4.74 Å². The van der Waals surface area contributed by atoms with Crippen LogP contribution in [-0.4, -0.2) is 44.9 Å². The van der Waals surface area contributed by atoms with E-state index in [0.29, 0.717) is 19.4 Å². The second-order valence-electron chi connectivity index (χ2n) is 6.66. The number of methoxy groups -OCH3 is 1. The van der Waals surface area contributed by atoms with Gasteiger partial charge in [0.1, 0.15) is 5.75 Å². The topological polar surface area (TPSA) is 76.0 Å². The average molecular weight is 367 g/mol. The number of carbonyl (C=O) groups excluding carboxylic acids is 1. The summed E-state index contributed by atoms with van der Waals surface area (Å²) in [5.74, 6) is 0.880. The number of hydrogen-bond acceptors (Lipinski definition) is 4. The van der Waals surface area contributed by atoms with Crippen molar-refractivity contribution in [2.45, 2.75) is 33.2 Å². The normalized spacial score (nSPS) is 10.8. The molecule has 0 radical (unpaired) electrons. The van der Waals surface area contributed by atoms with Crippen LogP contribution in [0, 0.1) is 13.8 Å². The number of nitrogens with zero attached hydrogens (tertiary/aromatic N) is 4. The van der Waals surface area contributed by atoms with Crippen LogP contribution in [0.1, 0.15) is 28.9 Å². The van der Waals surface area contributed by atoms with Crippen LogP contribution in [0.4, 0.5) is 0 Å². The summed E-state index contributed by atoms with van der Waals surface area (Å²) in [5.41, 5.74) is 5.01. The first-order valence-electron chi connectivity index (χ1n) is 8.90. The molecule has 0 aliphatic rings. The van der Waals surface area contributed by atoms with Crippen LogP contribution in [0.25, 0.3) is 5.69 Å². The largest absolute Gasteiger partial charge is 0.497 e. The maximum absolute atomic E-state index is 12.5. The van der Waals surface area contributed by atoms with Gasteiger partial charge in [-0.2, -0.15) is 10.2 Å². The molecule has 3 rings (SSSR count). The maximum atomic E-state index is 12.5. The van der Waals surface area contributed by atoms with Crippen molar-refractivity contribution in [2.75, 3.05) is 14.2 Å². The molecule has 0 aliphatic heterocycles. The molecule has 0 aliphatic carbocycles. The van der Waals surface area contributed by atoms with Crippen molar-refractivity contribution in [1.29, 1.82) is 0 Å². The van der Waals surface area contributed by atoms with Gasteiger partial charge in [0.15, 0.2) is 0 Å². The van der Waals surface area contributed by atoms with E-state index in [2.05, 4.69) is 15.3 Å². The van der Waals surface area contributed by atoms with Gasteiger partial charge in [0.25, 0.3) is 0 Å². The molecule has 2 aromatic heterocycles. The predicted molar refractivity (Wildman–Crippen MR) is 103 cm³/mol. The Hall–Kier alpha value is -3.09. The lowest BCUT2D eigenvalue weighted by Gasteiger charge is -2.16. The summed E-state index contributed by atoms with van der Waals surface area (Å²) in [5, 5.41) is 11.5. The van der Waals surface area contributed by atoms with Gasteiger partial charge in [0, 0.05) is 43.5 Å². The molecule has 0 saturated heterocycles. The molecule has 3 aromatic rings. The minimum absolute atomic E-state index is 0.101. The molecule has 7 heteroatoms. The number of nitrogens with one attached hydrogen (secondary N) is 1. The van der Waals surface area contributed by atoms with Gasteiger partial charge in [0.2, 0.25) is 5.91 Å². The summed E-state index contributed by atoms with van der Waals surface area (Å²) >= 11 is 0. The van der Waals surface area contributed by atoms with E-state index < -0.39 is 0 Å². The number of aryl methyl sites for hydroxylation is 2. The van der Waals surface area contributed by atoms with Crippen molar-refractivity contribution in [3.63, 3.8) is 0 Å². The number of aromatic nitrogens is 4. The van der Waals surface area contributed by atoms with Crippen molar-refractivity contribution in [3.05, 3.63) is 59.2 Å². The van der Waals surface area contributed by atoms with Gasteiger partial charge in [-0.05, 0) is 38.0 Å². The number of ether oxygens (including phenoxy) is 1. The van der Waals surface area contributed by atoms with Crippen molar-refractivity contribution in [1.82, 2.24) is 24.9 Å². The lowest BCUT2D eigenvalue weighted by Crippen LogP contribution is -2.26. The quantitative estimate of drug-likeness (QED) is 0.697. The molecule has 0 bridgehead atoms. The molecule has 142 valence electrons. The molecule has 0 atom stereocenters. The Labute approximate surface area is 159 Å². The third-order valence-electron chi connectivity index (χ3n) is 4.67. The summed E-state index contributed by atoms with van der Waals surface area (Å²) in [6.45, 7) is 4.46. The molecule has 1 aromatic carbocycles. The molecule has 0 unspecified atom stereocenters. The lowest BCUT2D eigenvalue weighted by atomic mass is 10.1. The molecule has 2 heterocycles. The van der Waals surface area contributed by atoms with Gasteiger partial charge in [-0.1, -0.05) is 6.07 Å². The second-order valence-corrected chi connectivity index (χ2v) is 6.66. The fraction of sp³-hybridized carbons (Fsp3) is 0.350. The molecule has 27 heavy (non-hydrogen) atoms. The highest BCUT2D eigenvalue weighted by Gasteiger charge is 2.14. The van der Waals surface area contributed by atoms with Gasteiger partial charge in [-0.25, -0.2) is 4.68 Å². The van der Waals surface area contributed by atoms with Crippen molar-refractivity contribution in [3.8, 4) is 11.4 Å². The Kier molecular flexibility index (Phi) is 5.59. The van der Waals surface area contributed by atoms with E-state index >= 15 is 0 Å². The van der Waals surface area contributed by atoms with Crippen molar-refractivity contribution in [2.24, 2.45) is 0 Å². The Balaban J connectivity index is 1.60. The second kappa shape index (κ2) is 8.07. The minimum atomic E-state index is 0.101. The molecule has 1 N–H and O–H groups in total. The first-order valence-corrected chi connectivity index (χ1v) is 8.90. The number of H-pyrrole nitrogens is 1. The first kappa shape index (κ1) is 18.7. The van der Waals surface area contributed by atoms with Gasteiger partial charge in [-0.3, -0.25) is 9.89 Å². The van der Waals surface area contributed by atoms with Crippen LogP contribution in [0.5, 0.6) is 5.75 Å². The smallest absolute Gasteiger partial charge is 0.222 e. The number of hydrogen-bond donors (Lipinski definition) is 1. The van der Waals surface area contributed by atoms with Crippen LogP contribution < -0.4 is 4.74 Å². The molecular weight excluding hydrogens is 342 g/mol. The summed E-state index contributed by atoms with van der Waals surface area (Å²) in [4.78, 5) is 14.2. The van der Waals surface area contributed by atoms with Crippen LogP contribution in [0.3, 0.4) is 0 Å². The van der Waals surface area contributed by atoms with Gasteiger partial charge in [0.05, 0.1) is 24.7 Å². The van der Waals surface area contributed by atoms with Crippen molar-refractivity contribution < 1.29 is 9.53 Å². The zero-order valence-electron chi connectivity index (χ0n) is 16.2. The molecule has 1 amide bonds. The molecular formula is C20H25N5O2. The van der Waals surface area contributed by atoms with E-state index in [-0.39, 0.29) is 5.91 Å². The van der Waals surface area contributed by atoms with Gasteiger partial charge in [-0.15, -0.1) is 0 Å². The van der Waals surface area contributed by atoms with E-state index in [9.17, 15) is 4.79 Å². The highest BCUT2D eigenvalue weighted by atomic mass is 16.5. The summed E-state index contributed by atoms with van der Waals surface area (Å²) in [7, 11) is 3.46.